The minimum absolute atomic E-state index is 0.775. The van der Waals surface area contributed by atoms with Crippen molar-refractivity contribution in [2.24, 2.45) is 5.92 Å². The van der Waals surface area contributed by atoms with Crippen molar-refractivity contribution < 1.29 is 0 Å². The molecular weight excluding hydrogens is 162 g/mol. The molecule has 1 saturated heterocycles. The molecule has 0 radical (unpaired) electrons. The van der Waals surface area contributed by atoms with Crippen LogP contribution in [0.2, 0.25) is 0 Å². The van der Waals surface area contributed by atoms with Gasteiger partial charge in [0.25, 0.3) is 0 Å². The Labute approximate surface area is 77.8 Å². The molecule has 1 saturated carbocycles. The first-order valence-corrected chi connectivity index (χ1v) is 4.99. The number of hydrogen-bond donors (Lipinski definition) is 0. The maximum atomic E-state index is 4.14. The van der Waals surface area contributed by atoms with Crippen LogP contribution in [0.3, 0.4) is 0 Å². The lowest BCUT2D eigenvalue weighted by Gasteiger charge is -2.45. The molecule has 0 bridgehead atoms. The van der Waals surface area contributed by atoms with Gasteiger partial charge in [0.05, 0.1) is 0 Å². The maximum Gasteiger partial charge on any atom is 0.151 e. The second kappa shape index (κ2) is 2.69. The molecule has 1 aromatic rings. The highest BCUT2D eigenvalue weighted by Crippen LogP contribution is 2.40. The zero-order valence-electron chi connectivity index (χ0n) is 7.56. The minimum atomic E-state index is 0.775. The molecule has 2 atom stereocenters. The van der Waals surface area contributed by atoms with Crippen molar-refractivity contribution in [1.82, 2.24) is 10.2 Å². The molecule has 2 fully saturated rings. The summed E-state index contributed by atoms with van der Waals surface area (Å²) in [6, 6.07) is 4.79. The first-order chi connectivity index (χ1) is 6.45. The third-order valence-electron chi connectivity index (χ3n) is 3.30. The van der Waals surface area contributed by atoms with E-state index in [-0.39, 0.29) is 0 Å². The van der Waals surface area contributed by atoms with E-state index in [1.807, 2.05) is 6.07 Å². The third kappa shape index (κ3) is 1.03. The number of fused-ring (bicyclic) bond motifs is 1. The van der Waals surface area contributed by atoms with E-state index < -0.39 is 0 Å². The summed E-state index contributed by atoms with van der Waals surface area (Å²) in [6.45, 7) is 1.20. The molecule has 0 N–H and O–H groups in total. The van der Waals surface area contributed by atoms with Crippen molar-refractivity contribution in [2.75, 3.05) is 11.4 Å². The quantitative estimate of drug-likeness (QED) is 0.647. The Morgan fingerprint density at radius 1 is 1.38 bits per heavy atom. The lowest BCUT2D eigenvalue weighted by molar-refractivity contribution is 0.335. The summed E-state index contributed by atoms with van der Waals surface area (Å²) in [5.74, 6) is 2.01. The number of aromatic nitrogens is 2. The molecule has 0 aromatic carbocycles. The van der Waals surface area contributed by atoms with Crippen LogP contribution in [0.15, 0.2) is 18.3 Å². The van der Waals surface area contributed by atoms with Gasteiger partial charge in [-0.3, -0.25) is 0 Å². The van der Waals surface area contributed by atoms with Crippen LogP contribution in [0.1, 0.15) is 19.3 Å². The van der Waals surface area contributed by atoms with Gasteiger partial charge in [-0.2, -0.15) is 5.10 Å². The number of nitrogens with zero attached hydrogens (tertiary/aromatic N) is 3. The average Bonchev–Trinajstić information content (AvgIpc) is 2.50. The normalized spacial score (nSPS) is 31.2. The van der Waals surface area contributed by atoms with Crippen LogP contribution in [-0.2, 0) is 0 Å². The second-order valence-corrected chi connectivity index (χ2v) is 3.99. The van der Waals surface area contributed by atoms with E-state index in [0.29, 0.717) is 0 Å². The fraction of sp³-hybridized carbons (Fsp3) is 0.600. The fourth-order valence-electron chi connectivity index (χ4n) is 2.60. The largest absolute Gasteiger partial charge is 0.351 e. The number of rotatable bonds is 1. The Hall–Kier alpha value is -1.12. The summed E-state index contributed by atoms with van der Waals surface area (Å²) in [6.07, 6.45) is 5.89. The van der Waals surface area contributed by atoms with Gasteiger partial charge in [0, 0.05) is 18.8 Å². The van der Waals surface area contributed by atoms with E-state index in [1.165, 1.54) is 25.8 Å². The van der Waals surface area contributed by atoms with Crippen molar-refractivity contribution in [3.63, 3.8) is 0 Å². The van der Waals surface area contributed by atoms with Crippen molar-refractivity contribution in [3.05, 3.63) is 18.3 Å². The van der Waals surface area contributed by atoms with Crippen molar-refractivity contribution in [3.8, 4) is 0 Å². The van der Waals surface area contributed by atoms with Crippen molar-refractivity contribution >= 4 is 5.82 Å². The van der Waals surface area contributed by atoms with E-state index in [0.717, 1.165) is 17.8 Å². The lowest BCUT2D eigenvalue weighted by Crippen LogP contribution is -2.53. The van der Waals surface area contributed by atoms with Crippen LogP contribution >= 0.6 is 0 Å². The highest BCUT2D eigenvalue weighted by Gasteiger charge is 2.42. The average molecular weight is 175 g/mol. The molecule has 3 rings (SSSR count). The van der Waals surface area contributed by atoms with Gasteiger partial charge in [-0.25, -0.2) is 0 Å². The number of hydrogen-bond acceptors (Lipinski definition) is 3. The Morgan fingerprint density at radius 2 is 2.38 bits per heavy atom. The molecule has 0 spiro atoms. The summed E-state index contributed by atoms with van der Waals surface area (Å²) >= 11 is 0. The third-order valence-corrected chi connectivity index (χ3v) is 3.30. The molecule has 2 unspecified atom stereocenters. The zero-order chi connectivity index (χ0) is 8.67. The van der Waals surface area contributed by atoms with Gasteiger partial charge in [-0.1, -0.05) is 6.42 Å². The van der Waals surface area contributed by atoms with Gasteiger partial charge < -0.3 is 4.90 Å². The molecule has 13 heavy (non-hydrogen) atoms. The SMILES string of the molecule is c1cnnc(N2CC3CCCC32)c1. The van der Waals surface area contributed by atoms with Gasteiger partial charge in [0.1, 0.15) is 0 Å². The molecule has 68 valence electrons. The standard InChI is InChI=1S/C10H13N3/c1-3-8-7-13(9(8)4-1)10-5-2-6-11-12-10/h2,5-6,8-9H,1,3-4,7H2. The van der Waals surface area contributed by atoms with Crippen LogP contribution in [0, 0.1) is 5.92 Å². The maximum absolute atomic E-state index is 4.14. The first kappa shape index (κ1) is 7.30. The Kier molecular flexibility index (Phi) is 1.51. The highest BCUT2D eigenvalue weighted by molar-refractivity contribution is 5.43. The van der Waals surface area contributed by atoms with Crippen LogP contribution in [0.25, 0.3) is 0 Å². The molecule has 1 aromatic heterocycles. The summed E-state index contributed by atoms with van der Waals surface area (Å²) < 4.78 is 0. The molecule has 2 heterocycles. The van der Waals surface area contributed by atoms with Crippen LogP contribution in [0.5, 0.6) is 0 Å². The van der Waals surface area contributed by atoms with Crippen LogP contribution in [-0.4, -0.2) is 22.8 Å². The molecular formula is C10H13N3. The van der Waals surface area contributed by atoms with Gasteiger partial charge in [0.2, 0.25) is 0 Å². The summed E-state index contributed by atoms with van der Waals surface area (Å²) in [5, 5.41) is 8.05. The number of anilines is 1. The fourth-order valence-corrected chi connectivity index (χ4v) is 2.60. The monoisotopic (exact) mass is 175 g/mol. The minimum Gasteiger partial charge on any atom is -0.351 e. The van der Waals surface area contributed by atoms with Gasteiger partial charge in [-0.05, 0) is 30.9 Å². The van der Waals surface area contributed by atoms with Crippen molar-refractivity contribution in [2.45, 2.75) is 25.3 Å². The van der Waals surface area contributed by atoms with Crippen LogP contribution < -0.4 is 4.90 Å². The van der Waals surface area contributed by atoms with Crippen molar-refractivity contribution in [1.29, 1.82) is 0 Å². The van der Waals surface area contributed by atoms with Gasteiger partial charge in [0.15, 0.2) is 5.82 Å². The summed E-state index contributed by atoms with van der Waals surface area (Å²) in [4.78, 5) is 2.39. The Bertz CT molecular complexity index is 298. The molecule has 3 nitrogen and oxygen atoms in total. The zero-order valence-corrected chi connectivity index (χ0v) is 7.56. The van der Waals surface area contributed by atoms with E-state index in [9.17, 15) is 0 Å². The predicted molar refractivity (Wildman–Crippen MR) is 50.5 cm³/mol. The topological polar surface area (TPSA) is 29.0 Å². The lowest BCUT2D eigenvalue weighted by atomic mass is 9.92. The molecule has 0 amide bonds. The van der Waals surface area contributed by atoms with E-state index in [4.69, 9.17) is 0 Å². The molecule has 3 heteroatoms. The Balaban J connectivity index is 1.81. The summed E-state index contributed by atoms with van der Waals surface area (Å²) in [5.41, 5.74) is 0. The molecule has 1 aliphatic carbocycles. The Morgan fingerprint density at radius 3 is 3.15 bits per heavy atom. The van der Waals surface area contributed by atoms with Gasteiger partial charge >= 0.3 is 0 Å². The predicted octanol–water partition coefficient (Wildman–Crippen LogP) is 1.47. The van der Waals surface area contributed by atoms with E-state index in [1.54, 1.807) is 6.20 Å². The van der Waals surface area contributed by atoms with E-state index in [2.05, 4.69) is 21.2 Å². The summed E-state index contributed by atoms with van der Waals surface area (Å²) in [7, 11) is 0. The molecule has 1 aliphatic heterocycles. The first-order valence-electron chi connectivity index (χ1n) is 4.99. The van der Waals surface area contributed by atoms with Gasteiger partial charge in [-0.15, -0.1) is 5.10 Å². The highest BCUT2D eigenvalue weighted by atomic mass is 15.3. The molecule has 2 aliphatic rings. The van der Waals surface area contributed by atoms with Crippen LogP contribution in [0.4, 0.5) is 5.82 Å². The second-order valence-electron chi connectivity index (χ2n) is 3.99. The smallest absolute Gasteiger partial charge is 0.151 e. The van der Waals surface area contributed by atoms with E-state index >= 15 is 0 Å².